The van der Waals surface area contributed by atoms with Crippen molar-refractivity contribution in [3.63, 3.8) is 0 Å². The number of nitrogens with zero attached hydrogens (tertiary/aromatic N) is 2. The normalized spacial score (nSPS) is 14.4. The summed E-state index contributed by atoms with van der Waals surface area (Å²) in [7, 11) is 1.56. The number of aromatic nitrogens is 2. The minimum atomic E-state index is -0.436. The number of likely N-dealkylation sites (N-methyl/N-ethyl adjacent to an activating group) is 1. The third-order valence-electron chi connectivity index (χ3n) is 1.76. The lowest BCUT2D eigenvalue weighted by Gasteiger charge is -2.08. The molecule has 84 valence electrons. The molecule has 0 saturated heterocycles. The van der Waals surface area contributed by atoms with Crippen LogP contribution in [0.2, 0.25) is 0 Å². The summed E-state index contributed by atoms with van der Waals surface area (Å²) in [5, 5.41) is 12.3. The number of carbonyl (C=O) groups excluding carboxylic acids is 1. The second-order valence-corrected chi connectivity index (χ2v) is 3.70. The number of amides is 1. The van der Waals surface area contributed by atoms with Gasteiger partial charge in [-0.15, -0.1) is 16.7 Å². The zero-order valence-corrected chi connectivity index (χ0v) is 9.50. The fourth-order valence-electron chi connectivity index (χ4n) is 0.921. The molecule has 2 N–H and O–H groups in total. The highest BCUT2D eigenvalue weighted by Gasteiger charge is 2.15. The van der Waals surface area contributed by atoms with Crippen LogP contribution in [0.3, 0.4) is 0 Å². The Morgan fingerprint density at radius 3 is 2.60 bits per heavy atom. The highest BCUT2D eigenvalue weighted by molar-refractivity contribution is 6.20. The Morgan fingerprint density at radius 1 is 1.47 bits per heavy atom. The van der Waals surface area contributed by atoms with Crippen molar-refractivity contribution in [2.75, 3.05) is 12.4 Å². The monoisotopic (exact) mass is 232 g/mol. The molecular weight excluding hydrogens is 220 g/mol. The van der Waals surface area contributed by atoms with Crippen LogP contribution in [-0.2, 0) is 4.79 Å². The lowest BCUT2D eigenvalue weighted by Crippen LogP contribution is -2.35. The molecule has 6 nitrogen and oxygen atoms in total. The van der Waals surface area contributed by atoms with E-state index in [-0.39, 0.29) is 17.3 Å². The molecule has 1 amide bonds. The van der Waals surface area contributed by atoms with Crippen molar-refractivity contribution in [2.24, 2.45) is 0 Å². The smallest absolute Gasteiger partial charge is 0.316 e. The molecule has 1 heterocycles. The van der Waals surface area contributed by atoms with Gasteiger partial charge in [-0.3, -0.25) is 4.79 Å². The molecule has 0 fully saturated rings. The van der Waals surface area contributed by atoms with Crippen molar-refractivity contribution in [1.82, 2.24) is 15.5 Å². The number of anilines is 1. The third-order valence-corrected chi connectivity index (χ3v) is 1.95. The van der Waals surface area contributed by atoms with Gasteiger partial charge in [0.2, 0.25) is 11.8 Å². The molecule has 1 aromatic rings. The molecule has 7 heteroatoms. The van der Waals surface area contributed by atoms with E-state index in [0.717, 1.165) is 0 Å². The zero-order valence-electron chi connectivity index (χ0n) is 8.74. The molecule has 0 spiro atoms. The Hall–Kier alpha value is -1.30. The van der Waals surface area contributed by atoms with E-state index in [4.69, 9.17) is 16.0 Å². The summed E-state index contributed by atoms with van der Waals surface area (Å²) in [5.74, 6) is 0.164. The van der Waals surface area contributed by atoms with Crippen LogP contribution in [0.15, 0.2) is 4.42 Å². The van der Waals surface area contributed by atoms with Gasteiger partial charge in [0.05, 0.1) is 0 Å². The van der Waals surface area contributed by atoms with E-state index < -0.39 is 6.04 Å². The Morgan fingerprint density at radius 2 is 2.13 bits per heavy atom. The van der Waals surface area contributed by atoms with Gasteiger partial charge in [-0.05, 0) is 13.8 Å². The number of alkyl halides is 1. The topological polar surface area (TPSA) is 80.0 Å². The Kier molecular flexibility index (Phi) is 3.90. The summed E-state index contributed by atoms with van der Waals surface area (Å²) in [5.41, 5.74) is 0. The van der Waals surface area contributed by atoms with Gasteiger partial charge < -0.3 is 15.1 Å². The van der Waals surface area contributed by atoms with E-state index in [0.29, 0.717) is 5.89 Å². The largest absolute Gasteiger partial charge is 0.406 e. The molecule has 0 aliphatic heterocycles. The highest BCUT2D eigenvalue weighted by atomic mass is 35.5. The van der Waals surface area contributed by atoms with Gasteiger partial charge in [0.1, 0.15) is 11.4 Å². The van der Waals surface area contributed by atoms with Crippen molar-refractivity contribution >= 4 is 23.5 Å². The first-order chi connectivity index (χ1) is 7.04. The first-order valence-electron chi connectivity index (χ1n) is 4.50. The van der Waals surface area contributed by atoms with Crippen molar-refractivity contribution < 1.29 is 9.21 Å². The molecule has 0 aliphatic carbocycles. The molecule has 0 aromatic carbocycles. The van der Waals surface area contributed by atoms with Gasteiger partial charge in [-0.25, -0.2) is 0 Å². The number of halogens is 1. The van der Waals surface area contributed by atoms with Crippen LogP contribution < -0.4 is 10.6 Å². The Bertz CT molecular complexity index is 339. The van der Waals surface area contributed by atoms with Crippen molar-refractivity contribution in [3.8, 4) is 0 Å². The molecule has 2 atom stereocenters. The fraction of sp³-hybridized carbons (Fsp3) is 0.625. The molecule has 0 radical (unpaired) electrons. The standard InChI is InChI=1S/C8H13ClN4O2/c1-4(9)7-12-13-8(15-7)11-5(2)6(14)10-3/h4-5H,1-3H3,(H,10,14)(H,11,13). The summed E-state index contributed by atoms with van der Waals surface area (Å²) in [4.78, 5) is 11.2. The second kappa shape index (κ2) is 4.97. The predicted octanol–water partition coefficient (Wildman–Crippen LogP) is 0.916. The van der Waals surface area contributed by atoms with Crippen LogP contribution in [0.4, 0.5) is 6.01 Å². The second-order valence-electron chi connectivity index (χ2n) is 3.04. The van der Waals surface area contributed by atoms with Crippen molar-refractivity contribution in [2.45, 2.75) is 25.3 Å². The van der Waals surface area contributed by atoms with Gasteiger partial charge in [0.25, 0.3) is 0 Å². The maximum Gasteiger partial charge on any atom is 0.316 e. The van der Waals surface area contributed by atoms with Crippen LogP contribution in [0.1, 0.15) is 25.1 Å². The lowest BCUT2D eigenvalue weighted by molar-refractivity contribution is -0.121. The molecule has 1 aromatic heterocycles. The molecular formula is C8H13ClN4O2. The van der Waals surface area contributed by atoms with Gasteiger partial charge in [0.15, 0.2) is 0 Å². The van der Waals surface area contributed by atoms with Crippen LogP contribution in [0.25, 0.3) is 0 Å². The van der Waals surface area contributed by atoms with E-state index in [2.05, 4.69) is 20.8 Å². The first kappa shape index (κ1) is 11.8. The number of hydrogen-bond acceptors (Lipinski definition) is 5. The van der Waals surface area contributed by atoms with Gasteiger partial charge in [-0.1, -0.05) is 5.10 Å². The molecule has 0 aliphatic rings. The van der Waals surface area contributed by atoms with Crippen molar-refractivity contribution in [3.05, 3.63) is 5.89 Å². The number of rotatable bonds is 4. The van der Waals surface area contributed by atoms with Crippen LogP contribution >= 0.6 is 11.6 Å². The maximum absolute atomic E-state index is 11.2. The van der Waals surface area contributed by atoms with Crippen LogP contribution in [-0.4, -0.2) is 29.2 Å². The number of nitrogens with one attached hydrogen (secondary N) is 2. The van der Waals surface area contributed by atoms with Crippen LogP contribution in [0, 0.1) is 0 Å². The summed E-state index contributed by atoms with van der Waals surface area (Å²) >= 11 is 5.74. The summed E-state index contributed by atoms with van der Waals surface area (Å²) in [6.07, 6.45) is 0. The SMILES string of the molecule is CNC(=O)C(C)Nc1nnc(C(C)Cl)o1. The quantitative estimate of drug-likeness (QED) is 0.755. The van der Waals surface area contributed by atoms with Crippen molar-refractivity contribution in [1.29, 1.82) is 0 Å². The Labute approximate surface area is 92.4 Å². The molecule has 2 unspecified atom stereocenters. The average Bonchev–Trinajstić information content (AvgIpc) is 2.65. The third kappa shape index (κ3) is 3.09. The minimum absolute atomic E-state index is 0.159. The minimum Gasteiger partial charge on any atom is -0.406 e. The van der Waals surface area contributed by atoms with Gasteiger partial charge in [-0.2, -0.15) is 0 Å². The summed E-state index contributed by atoms with van der Waals surface area (Å²) in [6.45, 7) is 3.41. The van der Waals surface area contributed by atoms with E-state index in [1.807, 2.05) is 0 Å². The first-order valence-corrected chi connectivity index (χ1v) is 4.93. The van der Waals surface area contributed by atoms with Gasteiger partial charge in [0, 0.05) is 7.05 Å². The van der Waals surface area contributed by atoms with E-state index in [1.54, 1.807) is 20.9 Å². The zero-order chi connectivity index (χ0) is 11.4. The maximum atomic E-state index is 11.2. The number of hydrogen-bond donors (Lipinski definition) is 2. The summed E-state index contributed by atoms with van der Waals surface area (Å²) < 4.78 is 5.17. The average molecular weight is 233 g/mol. The molecule has 0 bridgehead atoms. The number of carbonyl (C=O) groups is 1. The van der Waals surface area contributed by atoms with E-state index >= 15 is 0 Å². The summed E-state index contributed by atoms with van der Waals surface area (Å²) in [6, 6.07) is -0.248. The molecule has 1 rings (SSSR count). The molecule has 0 saturated carbocycles. The predicted molar refractivity (Wildman–Crippen MR) is 55.7 cm³/mol. The molecule has 15 heavy (non-hydrogen) atoms. The van der Waals surface area contributed by atoms with Crippen LogP contribution in [0.5, 0.6) is 0 Å². The van der Waals surface area contributed by atoms with Gasteiger partial charge >= 0.3 is 6.01 Å². The lowest BCUT2D eigenvalue weighted by atomic mass is 10.3. The highest BCUT2D eigenvalue weighted by Crippen LogP contribution is 2.19. The van der Waals surface area contributed by atoms with E-state index in [1.165, 1.54) is 0 Å². The van der Waals surface area contributed by atoms with E-state index in [9.17, 15) is 4.79 Å². The Balaban J connectivity index is 2.61. The fourth-order valence-corrected chi connectivity index (χ4v) is 1.01.